The second-order valence-corrected chi connectivity index (χ2v) is 5.49. The van der Waals surface area contributed by atoms with Gasteiger partial charge in [0.15, 0.2) is 0 Å². The minimum Gasteiger partial charge on any atom is -0.346 e. The van der Waals surface area contributed by atoms with Crippen molar-refractivity contribution >= 4 is 17.5 Å². The van der Waals surface area contributed by atoms with Gasteiger partial charge in [0.25, 0.3) is 5.56 Å². The van der Waals surface area contributed by atoms with Crippen LogP contribution in [0.3, 0.4) is 0 Å². The molecule has 7 heteroatoms. The maximum atomic E-state index is 14.2. The summed E-state index contributed by atoms with van der Waals surface area (Å²) in [5.41, 5.74) is 0.200. The Morgan fingerprint density at radius 2 is 1.74 bits per heavy atom. The van der Waals surface area contributed by atoms with Crippen molar-refractivity contribution in [3.8, 4) is 0 Å². The van der Waals surface area contributed by atoms with E-state index in [4.69, 9.17) is 0 Å². The highest BCUT2D eigenvalue weighted by Gasteiger charge is 2.20. The zero-order valence-electron chi connectivity index (χ0n) is 13.9. The van der Waals surface area contributed by atoms with Gasteiger partial charge in [0.05, 0.1) is 5.56 Å². The first-order valence-electron chi connectivity index (χ1n) is 7.27. The molecule has 23 heavy (non-hydrogen) atoms. The predicted molar refractivity (Wildman–Crippen MR) is 87.7 cm³/mol. The van der Waals surface area contributed by atoms with Gasteiger partial charge in [-0.25, -0.2) is 8.78 Å². The van der Waals surface area contributed by atoms with E-state index < -0.39 is 11.6 Å². The molecule has 0 saturated carbocycles. The van der Waals surface area contributed by atoms with Crippen LogP contribution in [0.15, 0.2) is 16.9 Å². The average Bonchev–Trinajstić information content (AvgIpc) is 2.47. The molecule has 0 amide bonds. The van der Waals surface area contributed by atoms with Crippen molar-refractivity contribution < 1.29 is 8.78 Å². The maximum Gasteiger partial charge on any atom is 0.257 e. The molecule has 1 aromatic heterocycles. The number of aromatic nitrogens is 2. The third-order valence-electron chi connectivity index (χ3n) is 3.76. The number of anilines is 3. The van der Waals surface area contributed by atoms with Crippen LogP contribution < -0.4 is 15.4 Å². The molecule has 2 aromatic rings. The van der Waals surface area contributed by atoms with E-state index in [0.717, 1.165) is 0 Å². The van der Waals surface area contributed by atoms with E-state index in [1.807, 2.05) is 6.92 Å². The Hall–Kier alpha value is -2.44. The fraction of sp³-hybridized carbons (Fsp3) is 0.375. The summed E-state index contributed by atoms with van der Waals surface area (Å²) < 4.78 is 28.4. The molecule has 0 aliphatic heterocycles. The highest BCUT2D eigenvalue weighted by atomic mass is 19.1. The number of H-pyrrole nitrogens is 1. The van der Waals surface area contributed by atoms with Gasteiger partial charge in [0, 0.05) is 20.6 Å². The predicted octanol–water partition coefficient (Wildman–Crippen LogP) is 2.89. The first kappa shape index (κ1) is 16.9. The first-order valence-corrected chi connectivity index (χ1v) is 7.27. The van der Waals surface area contributed by atoms with Gasteiger partial charge in [0.2, 0.25) is 5.95 Å². The van der Waals surface area contributed by atoms with Crippen LogP contribution in [0, 0.1) is 25.5 Å². The van der Waals surface area contributed by atoms with Crippen LogP contribution in [0.25, 0.3) is 0 Å². The van der Waals surface area contributed by atoms with Crippen molar-refractivity contribution in [2.24, 2.45) is 0 Å². The van der Waals surface area contributed by atoms with Gasteiger partial charge < -0.3 is 9.80 Å². The summed E-state index contributed by atoms with van der Waals surface area (Å²) in [7, 11) is 3.26. The zero-order valence-corrected chi connectivity index (χ0v) is 13.9. The van der Waals surface area contributed by atoms with Gasteiger partial charge >= 0.3 is 0 Å². The number of nitrogens with one attached hydrogen (secondary N) is 1. The van der Waals surface area contributed by atoms with Gasteiger partial charge in [-0.1, -0.05) is 0 Å². The van der Waals surface area contributed by atoms with Crippen LogP contribution in [0.2, 0.25) is 0 Å². The normalized spacial score (nSPS) is 10.7. The van der Waals surface area contributed by atoms with Gasteiger partial charge in [-0.2, -0.15) is 4.98 Å². The third kappa shape index (κ3) is 3.18. The van der Waals surface area contributed by atoms with E-state index in [1.54, 1.807) is 25.8 Å². The third-order valence-corrected chi connectivity index (χ3v) is 3.76. The SMILES string of the molecule is CCN(C)c1nc(N(C)c2c(F)cc(C)cc2F)c(C)c(=O)[nH]1. The molecule has 0 atom stereocenters. The number of nitrogens with zero attached hydrogens (tertiary/aromatic N) is 3. The number of hydrogen-bond donors (Lipinski definition) is 1. The largest absolute Gasteiger partial charge is 0.346 e. The van der Waals surface area contributed by atoms with Crippen LogP contribution in [0.5, 0.6) is 0 Å². The Morgan fingerprint density at radius 3 is 2.26 bits per heavy atom. The number of halogens is 2. The van der Waals surface area contributed by atoms with Crippen LogP contribution >= 0.6 is 0 Å². The second-order valence-electron chi connectivity index (χ2n) is 5.49. The van der Waals surface area contributed by atoms with Gasteiger partial charge in [-0.15, -0.1) is 0 Å². The second kappa shape index (κ2) is 6.36. The first-order chi connectivity index (χ1) is 10.8. The molecular formula is C16H20F2N4O. The smallest absolute Gasteiger partial charge is 0.257 e. The monoisotopic (exact) mass is 322 g/mol. The highest BCUT2D eigenvalue weighted by molar-refractivity contribution is 5.64. The summed E-state index contributed by atoms with van der Waals surface area (Å²) in [4.78, 5) is 22.1. The molecule has 124 valence electrons. The Bertz CT molecular complexity index is 765. The summed E-state index contributed by atoms with van der Waals surface area (Å²) in [6, 6.07) is 2.49. The molecule has 0 fully saturated rings. The molecule has 1 aromatic carbocycles. The molecule has 2 rings (SSSR count). The molecule has 0 unspecified atom stereocenters. The number of rotatable bonds is 4. The van der Waals surface area contributed by atoms with E-state index in [-0.39, 0.29) is 17.1 Å². The van der Waals surface area contributed by atoms with Crippen molar-refractivity contribution in [3.05, 3.63) is 45.2 Å². The molecule has 0 bridgehead atoms. The fourth-order valence-electron chi connectivity index (χ4n) is 2.28. The summed E-state index contributed by atoms with van der Waals surface area (Å²) in [6.07, 6.45) is 0. The van der Waals surface area contributed by atoms with Crippen molar-refractivity contribution in [2.45, 2.75) is 20.8 Å². The van der Waals surface area contributed by atoms with Crippen LogP contribution in [-0.2, 0) is 0 Å². The lowest BCUT2D eigenvalue weighted by Gasteiger charge is -2.23. The van der Waals surface area contributed by atoms with Crippen molar-refractivity contribution in [1.29, 1.82) is 0 Å². The topological polar surface area (TPSA) is 52.2 Å². The molecular weight excluding hydrogens is 302 g/mol. The van der Waals surface area contributed by atoms with E-state index in [9.17, 15) is 13.6 Å². The van der Waals surface area contributed by atoms with Crippen LogP contribution in [0.1, 0.15) is 18.1 Å². The molecule has 0 saturated heterocycles. The van der Waals surface area contributed by atoms with E-state index in [1.165, 1.54) is 24.1 Å². The lowest BCUT2D eigenvalue weighted by Crippen LogP contribution is -2.27. The number of hydrogen-bond acceptors (Lipinski definition) is 4. The molecule has 0 aliphatic rings. The number of aryl methyl sites for hydroxylation is 1. The van der Waals surface area contributed by atoms with Crippen LogP contribution in [-0.4, -0.2) is 30.6 Å². The Kier molecular flexibility index (Phi) is 4.68. The average molecular weight is 322 g/mol. The quantitative estimate of drug-likeness (QED) is 0.940. The molecule has 0 spiro atoms. The summed E-state index contributed by atoms with van der Waals surface area (Å²) >= 11 is 0. The number of benzene rings is 1. The molecule has 1 N–H and O–H groups in total. The van der Waals surface area contributed by atoms with E-state index >= 15 is 0 Å². The minimum absolute atomic E-state index is 0.214. The van der Waals surface area contributed by atoms with Crippen molar-refractivity contribution in [3.63, 3.8) is 0 Å². The maximum absolute atomic E-state index is 14.2. The Balaban J connectivity index is 2.62. The Labute approximate surface area is 133 Å². The fourth-order valence-corrected chi connectivity index (χ4v) is 2.28. The minimum atomic E-state index is -0.697. The summed E-state index contributed by atoms with van der Waals surface area (Å²) in [5.74, 6) is -0.836. The lowest BCUT2D eigenvalue weighted by atomic mass is 10.2. The van der Waals surface area contributed by atoms with Crippen molar-refractivity contribution in [1.82, 2.24) is 9.97 Å². The lowest BCUT2D eigenvalue weighted by molar-refractivity contribution is 0.581. The standard InChI is InChI=1S/C16H20F2N4O/c1-6-21(4)16-19-14(10(3)15(23)20-16)22(5)13-11(17)7-9(2)8-12(13)18/h7-8H,6H2,1-5H3,(H,19,20,23). The van der Waals surface area contributed by atoms with E-state index in [0.29, 0.717) is 23.6 Å². The molecule has 0 aliphatic carbocycles. The van der Waals surface area contributed by atoms with Gasteiger partial charge in [0.1, 0.15) is 23.1 Å². The molecule has 0 radical (unpaired) electrons. The molecule has 1 heterocycles. The molecule has 5 nitrogen and oxygen atoms in total. The van der Waals surface area contributed by atoms with Gasteiger partial charge in [-0.05, 0) is 38.5 Å². The van der Waals surface area contributed by atoms with Crippen molar-refractivity contribution in [2.75, 3.05) is 30.4 Å². The van der Waals surface area contributed by atoms with Crippen LogP contribution in [0.4, 0.5) is 26.2 Å². The summed E-state index contributed by atoms with van der Waals surface area (Å²) in [5, 5.41) is 0. The number of aromatic amines is 1. The van der Waals surface area contributed by atoms with E-state index in [2.05, 4.69) is 9.97 Å². The Morgan fingerprint density at radius 1 is 1.17 bits per heavy atom. The van der Waals surface area contributed by atoms with Gasteiger partial charge in [-0.3, -0.25) is 9.78 Å². The zero-order chi connectivity index (χ0) is 17.3. The highest BCUT2D eigenvalue weighted by Crippen LogP contribution is 2.30. The summed E-state index contributed by atoms with van der Waals surface area (Å²) in [6.45, 7) is 5.71.